The summed E-state index contributed by atoms with van der Waals surface area (Å²) in [5, 5.41) is 3.51. The van der Waals surface area contributed by atoms with Crippen LogP contribution >= 0.6 is 0 Å². The third-order valence-corrected chi connectivity index (χ3v) is 4.30. The quantitative estimate of drug-likeness (QED) is 0.679. The van der Waals surface area contributed by atoms with E-state index in [0.717, 1.165) is 35.1 Å². The van der Waals surface area contributed by atoms with Crippen molar-refractivity contribution in [2.75, 3.05) is 5.32 Å². The number of pyridine rings is 1. The molecule has 0 aliphatic heterocycles. The van der Waals surface area contributed by atoms with Gasteiger partial charge in [0, 0.05) is 18.9 Å². The number of halogens is 1. The lowest BCUT2D eigenvalue weighted by atomic mass is 9.98. The molecule has 0 saturated carbocycles. The second-order valence-corrected chi connectivity index (χ2v) is 6.09. The second-order valence-electron chi connectivity index (χ2n) is 6.09. The SMILES string of the molecule is CCC(C)Cc1cnc2cc[nH]c2c1NCc1ccc(F)cc1. The first kappa shape index (κ1) is 15.5. The summed E-state index contributed by atoms with van der Waals surface area (Å²) in [6, 6.07) is 8.58. The van der Waals surface area contributed by atoms with Gasteiger partial charge in [0.1, 0.15) is 5.82 Å². The highest BCUT2D eigenvalue weighted by atomic mass is 19.1. The van der Waals surface area contributed by atoms with E-state index in [1.54, 1.807) is 0 Å². The predicted molar refractivity (Wildman–Crippen MR) is 93.0 cm³/mol. The molecule has 0 fully saturated rings. The first-order valence-corrected chi connectivity index (χ1v) is 8.10. The Hall–Kier alpha value is -2.36. The van der Waals surface area contributed by atoms with Crippen LogP contribution in [0.25, 0.3) is 11.0 Å². The molecular formula is C19H22FN3. The zero-order valence-electron chi connectivity index (χ0n) is 13.6. The highest BCUT2D eigenvalue weighted by molar-refractivity contribution is 5.89. The fraction of sp³-hybridized carbons (Fsp3) is 0.316. The van der Waals surface area contributed by atoms with E-state index < -0.39 is 0 Å². The molecule has 0 radical (unpaired) electrons. The van der Waals surface area contributed by atoms with Crippen molar-refractivity contribution in [1.82, 2.24) is 9.97 Å². The Morgan fingerprint density at radius 1 is 1.22 bits per heavy atom. The number of H-pyrrole nitrogens is 1. The number of hydrogen-bond acceptors (Lipinski definition) is 2. The number of fused-ring (bicyclic) bond motifs is 1. The highest BCUT2D eigenvalue weighted by Crippen LogP contribution is 2.27. The molecule has 1 atom stereocenters. The van der Waals surface area contributed by atoms with Crippen molar-refractivity contribution in [1.29, 1.82) is 0 Å². The number of nitrogens with zero attached hydrogens (tertiary/aromatic N) is 1. The summed E-state index contributed by atoms with van der Waals surface area (Å²) in [6.07, 6.45) is 6.01. The summed E-state index contributed by atoms with van der Waals surface area (Å²) < 4.78 is 13.0. The number of nitrogens with one attached hydrogen (secondary N) is 2. The molecule has 0 saturated heterocycles. The molecule has 2 aromatic heterocycles. The van der Waals surface area contributed by atoms with Crippen LogP contribution in [0.5, 0.6) is 0 Å². The van der Waals surface area contributed by atoms with Gasteiger partial charge in [0.05, 0.1) is 16.7 Å². The Kier molecular flexibility index (Phi) is 4.60. The van der Waals surface area contributed by atoms with Gasteiger partial charge in [-0.25, -0.2) is 4.39 Å². The molecule has 0 aliphatic rings. The van der Waals surface area contributed by atoms with Gasteiger partial charge in [-0.05, 0) is 41.7 Å². The number of hydrogen-bond donors (Lipinski definition) is 2. The fourth-order valence-corrected chi connectivity index (χ4v) is 2.71. The highest BCUT2D eigenvalue weighted by Gasteiger charge is 2.12. The third-order valence-electron chi connectivity index (χ3n) is 4.30. The molecule has 3 aromatic rings. The maximum absolute atomic E-state index is 13.0. The van der Waals surface area contributed by atoms with Gasteiger partial charge in [-0.15, -0.1) is 0 Å². The second kappa shape index (κ2) is 6.82. The normalized spacial score (nSPS) is 12.5. The van der Waals surface area contributed by atoms with Crippen molar-refractivity contribution in [2.24, 2.45) is 5.92 Å². The molecule has 1 aromatic carbocycles. The number of aromatic nitrogens is 2. The minimum Gasteiger partial charge on any atom is -0.379 e. The van der Waals surface area contributed by atoms with Gasteiger partial charge in [-0.1, -0.05) is 32.4 Å². The first-order chi connectivity index (χ1) is 11.2. The summed E-state index contributed by atoms with van der Waals surface area (Å²) in [6.45, 7) is 5.12. The van der Waals surface area contributed by atoms with Crippen molar-refractivity contribution in [3.63, 3.8) is 0 Å². The van der Waals surface area contributed by atoms with E-state index >= 15 is 0 Å². The maximum atomic E-state index is 13.0. The van der Waals surface area contributed by atoms with Crippen LogP contribution in [0, 0.1) is 11.7 Å². The molecule has 0 bridgehead atoms. The van der Waals surface area contributed by atoms with Gasteiger partial charge in [-0.2, -0.15) is 0 Å². The Morgan fingerprint density at radius 2 is 2.00 bits per heavy atom. The van der Waals surface area contributed by atoms with E-state index in [-0.39, 0.29) is 5.82 Å². The first-order valence-electron chi connectivity index (χ1n) is 8.10. The van der Waals surface area contributed by atoms with Gasteiger partial charge < -0.3 is 10.3 Å². The average molecular weight is 311 g/mol. The van der Waals surface area contributed by atoms with Crippen LogP contribution in [0.4, 0.5) is 10.1 Å². The molecular weight excluding hydrogens is 289 g/mol. The van der Waals surface area contributed by atoms with Crippen molar-refractivity contribution in [2.45, 2.75) is 33.2 Å². The Bertz CT molecular complexity index is 777. The lowest BCUT2D eigenvalue weighted by molar-refractivity contribution is 0.560. The van der Waals surface area contributed by atoms with Crippen molar-refractivity contribution in [3.05, 3.63) is 59.7 Å². The van der Waals surface area contributed by atoms with Crippen LogP contribution in [0.15, 0.2) is 42.7 Å². The molecule has 4 heteroatoms. The number of benzene rings is 1. The fourth-order valence-electron chi connectivity index (χ4n) is 2.71. The zero-order chi connectivity index (χ0) is 16.2. The Balaban J connectivity index is 1.88. The molecule has 2 N–H and O–H groups in total. The summed E-state index contributed by atoms with van der Waals surface area (Å²) >= 11 is 0. The molecule has 3 nitrogen and oxygen atoms in total. The minimum atomic E-state index is -0.207. The largest absolute Gasteiger partial charge is 0.379 e. The molecule has 2 heterocycles. The van der Waals surface area contributed by atoms with Gasteiger partial charge in [0.15, 0.2) is 0 Å². The molecule has 23 heavy (non-hydrogen) atoms. The maximum Gasteiger partial charge on any atom is 0.123 e. The molecule has 1 unspecified atom stereocenters. The lowest BCUT2D eigenvalue weighted by Gasteiger charge is -2.16. The van der Waals surface area contributed by atoms with Gasteiger partial charge >= 0.3 is 0 Å². The Morgan fingerprint density at radius 3 is 2.74 bits per heavy atom. The number of aromatic amines is 1. The van der Waals surface area contributed by atoms with Gasteiger partial charge in [0.2, 0.25) is 0 Å². The van der Waals surface area contributed by atoms with Gasteiger partial charge in [-0.3, -0.25) is 4.98 Å². The van der Waals surface area contributed by atoms with Crippen LogP contribution in [0.1, 0.15) is 31.4 Å². The molecule has 0 spiro atoms. The number of rotatable bonds is 6. The average Bonchev–Trinajstić information content (AvgIpc) is 3.04. The van der Waals surface area contributed by atoms with Crippen molar-refractivity contribution in [3.8, 4) is 0 Å². The van der Waals surface area contributed by atoms with E-state index in [0.29, 0.717) is 12.5 Å². The van der Waals surface area contributed by atoms with Crippen molar-refractivity contribution < 1.29 is 4.39 Å². The topological polar surface area (TPSA) is 40.7 Å². The summed E-state index contributed by atoms with van der Waals surface area (Å²) in [7, 11) is 0. The zero-order valence-corrected chi connectivity index (χ0v) is 13.6. The van der Waals surface area contributed by atoms with E-state index in [9.17, 15) is 4.39 Å². The molecule has 3 rings (SSSR count). The summed E-state index contributed by atoms with van der Waals surface area (Å²) in [5.41, 5.74) is 5.37. The van der Waals surface area contributed by atoms with E-state index in [1.165, 1.54) is 17.7 Å². The standard InChI is InChI=1S/C19H22FN3/c1-3-13(2)10-15-12-22-17-8-9-21-19(17)18(15)23-11-14-4-6-16(20)7-5-14/h4-9,12-13,21H,3,10-11H2,1-2H3,(H,22,23). The smallest absolute Gasteiger partial charge is 0.123 e. The van der Waals surface area contributed by atoms with Crippen LogP contribution in [-0.2, 0) is 13.0 Å². The van der Waals surface area contributed by atoms with Crippen LogP contribution in [0.3, 0.4) is 0 Å². The van der Waals surface area contributed by atoms with E-state index in [4.69, 9.17) is 0 Å². The minimum absolute atomic E-state index is 0.207. The van der Waals surface area contributed by atoms with E-state index in [1.807, 2.05) is 30.6 Å². The van der Waals surface area contributed by atoms with Crippen LogP contribution in [0.2, 0.25) is 0 Å². The van der Waals surface area contributed by atoms with Crippen molar-refractivity contribution >= 4 is 16.7 Å². The van der Waals surface area contributed by atoms with Crippen LogP contribution < -0.4 is 5.32 Å². The molecule has 0 amide bonds. The van der Waals surface area contributed by atoms with E-state index in [2.05, 4.69) is 29.1 Å². The predicted octanol–water partition coefficient (Wildman–Crippen LogP) is 4.90. The summed E-state index contributed by atoms with van der Waals surface area (Å²) in [4.78, 5) is 7.82. The van der Waals surface area contributed by atoms with Crippen LogP contribution in [-0.4, -0.2) is 9.97 Å². The lowest BCUT2D eigenvalue weighted by Crippen LogP contribution is -2.07. The monoisotopic (exact) mass is 311 g/mol. The number of anilines is 1. The third kappa shape index (κ3) is 3.52. The molecule has 0 aliphatic carbocycles. The summed E-state index contributed by atoms with van der Waals surface area (Å²) in [5.74, 6) is 0.400. The molecule has 120 valence electrons. The van der Waals surface area contributed by atoms with Gasteiger partial charge in [0.25, 0.3) is 0 Å². The Labute approximate surface area is 136 Å².